The van der Waals surface area contributed by atoms with Gasteiger partial charge in [-0.2, -0.15) is 0 Å². The van der Waals surface area contributed by atoms with Crippen LogP contribution < -0.4 is 5.11 Å². The van der Waals surface area contributed by atoms with Crippen LogP contribution in [0, 0.1) is 0 Å². The normalized spacial score (nSPS) is 11.1. The first-order valence-electron chi connectivity index (χ1n) is 7.46. The molecule has 0 bridgehead atoms. The number of aldehydes is 1. The van der Waals surface area contributed by atoms with Crippen LogP contribution >= 0.6 is 11.6 Å². The van der Waals surface area contributed by atoms with E-state index >= 15 is 0 Å². The summed E-state index contributed by atoms with van der Waals surface area (Å²) in [6.45, 7) is 0. The fraction of sp³-hybridized carbons (Fsp3) is 0. The molecule has 0 amide bonds. The minimum absolute atomic E-state index is 0.194. The fourth-order valence-electron chi connectivity index (χ4n) is 2.97. The highest BCUT2D eigenvalue weighted by Crippen LogP contribution is 2.34. The second-order valence-corrected chi connectivity index (χ2v) is 5.94. The Balaban J connectivity index is 2.06. The highest BCUT2D eigenvalue weighted by atomic mass is 35.5. The van der Waals surface area contributed by atoms with E-state index < -0.39 is 6.09 Å². The predicted octanol–water partition coefficient (Wildman–Crippen LogP) is 3.51. The first-order valence-corrected chi connectivity index (χ1v) is 7.84. The summed E-state index contributed by atoms with van der Waals surface area (Å²) in [6.07, 6.45) is -0.673. The van der Waals surface area contributed by atoms with Gasteiger partial charge in [0.1, 0.15) is 17.5 Å². The molecule has 6 heteroatoms. The first-order chi connectivity index (χ1) is 12.1. The lowest BCUT2D eigenvalue weighted by Crippen LogP contribution is -2.29. The van der Waals surface area contributed by atoms with E-state index in [0.717, 1.165) is 15.5 Å². The van der Waals surface area contributed by atoms with Gasteiger partial charge in [-0.15, -0.1) is 0 Å². The van der Waals surface area contributed by atoms with Crippen molar-refractivity contribution in [3.05, 3.63) is 65.3 Å². The number of halogens is 1. The van der Waals surface area contributed by atoms with E-state index in [1.54, 1.807) is 30.3 Å². The van der Waals surface area contributed by atoms with E-state index in [9.17, 15) is 14.7 Å². The molecule has 0 atom stereocenters. The lowest BCUT2D eigenvalue weighted by molar-refractivity contribution is -0.249. The van der Waals surface area contributed by atoms with Crippen LogP contribution in [0.3, 0.4) is 0 Å². The van der Waals surface area contributed by atoms with Crippen LogP contribution in [0.25, 0.3) is 33.1 Å². The molecule has 4 aromatic rings. The summed E-state index contributed by atoms with van der Waals surface area (Å²) in [7, 11) is 0. The van der Waals surface area contributed by atoms with Crippen molar-refractivity contribution < 1.29 is 14.7 Å². The molecule has 0 saturated heterocycles. The van der Waals surface area contributed by atoms with Gasteiger partial charge in [-0.05, 0) is 36.4 Å². The summed E-state index contributed by atoms with van der Waals surface area (Å²) in [6, 6.07) is 15.6. The molecule has 2 heterocycles. The average molecular weight is 350 g/mol. The van der Waals surface area contributed by atoms with Gasteiger partial charge in [0, 0.05) is 21.9 Å². The molecule has 0 radical (unpaired) electrons. The number of carboxylic acid groups (broad SMARTS) is 1. The van der Waals surface area contributed by atoms with Crippen molar-refractivity contribution in [1.29, 1.82) is 0 Å². The molecular weight excluding hydrogens is 340 g/mol. The Hall–Kier alpha value is -3.18. The second-order valence-electron chi connectivity index (χ2n) is 5.59. The minimum atomic E-state index is -1.38. The van der Waals surface area contributed by atoms with Crippen molar-refractivity contribution in [3.63, 3.8) is 0 Å². The van der Waals surface area contributed by atoms with E-state index in [1.165, 1.54) is 0 Å². The third-order valence-corrected chi connectivity index (χ3v) is 4.39. The molecule has 4 rings (SSSR count). The largest absolute Gasteiger partial charge is 0.529 e. The fourth-order valence-corrected chi connectivity index (χ4v) is 3.22. The van der Waals surface area contributed by atoms with Crippen LogP contribution in [-0.4, -0.2) is 21.9 Å². The van der Waals surface area contributed by atoms with E-state index in [-0.39, 0.29) is 5.15 Å². The summed E-state index contributed by atoms with van der Waals surface area (Å²) in [5.74, 6) is 0. The van der Waals surface area contributed by atoms with Gasteiger partial charge in [0.15, 0.2) is 0 Å². The molecule has 2 aromatic heterocycles. The number of pyridine rings is 1. The number of benzene rings is 2. The molecule has 0 aliphatic carbocycles. The summed E-state index contributed by atoms with van der Waals surface area (Å²) < 4.78 is 1.04. The maximum atomic E-state index is 11.7. The van der Waals surface area contributed by atoms with Gasteiger partial charge >= 0.3 is 0 Å². The SMILES string of the molecule is O=Cc1ccc2c(c1)cc(-c1cc3ccccc3nc1Cl)n2C(=O)[O-]. The number of carbonyl (C=O) groups is 2. The number of nitrogens with zero attached hydrogens (tertiary/aromatic N) is 2. The van der Waals surface area contributed by atoms with Crippen molar-refractivity contribution in [2.75, 3.05) is 0 Å². The standard InChI is InChI=1S/C19H11ClN2O3/c20-18-14(8-12-3-1-2-4-15(12)21-18)17-9-13-7-11(10-23)5-6-16(13)22(17)19(24)25/h1-10H,(H,24,25)/p-1. The van der Waals surface area contributed by atoms with Crippen molar-refractivity contribution in [3.8, 4) is 11.3 Å². The minimum Gasteiger partial charge on any atom is -0.529 e. The molecule has 122 valence electrons. The van der Waals surface area contributed by atoms with Gasteiger partial charge in [-0.3, -0.25) is 9.36 Å². The van der Waals surface area contributed by atoms with Crippen molar-refractivity contribution in [2.24, 2.45) is 0 Å². The van der Waals surface area contributed by atoms with E-state index in [0.29, 0.717) is 34.0 Å². The monoisotopic (exact) mass is 349 g/mol. The highest BCUT2D eigenvalue weighted by molar-refractivity contribution is 6.32. The van der Waals surface area contributed by atoms with Gasteiger partial charge in [0.2, 0.25) is 0 Å². The Morgan fingerprint density at radius 2 is 1.88 bits per heavy atom. The number of carbonyl (C=O) groups excluding carboxylic acids is 2. The van der Waals surface area contributed by atoms with Gasteiger partial charge < -0.3 is 9.90 Å². The Kier molecular flexibility index (Phi) is 3.51. The number of hydrogen-bond acceptors (Lipinski definition) is 4. The Labute approximate surface area is 147 Å². The lowest BCUT2D eigenvalue weighted by Gasteiger charge is -2.12. The zero-order valence-corrected chi connectivity index (χ0v) is 13.5. The van der Waals surface area contributed by atoms with Gasteiger partial charge in [-0.25, -0.2) is 4.98 Å². The molecular formula is C19H10ClN2O3-. The van der Waals surface area contributed by atoms with Gasteiger partial charge in [-0.1, -0.05) is 29.8 Å². The molecule has 0 aliphatic heterocycles. The van der Waals surface area contributed by atoms with Crippen molar-refractivity contribution in [2.45, 2.75) is 0 Å². The van der Waals surface area contributed by atoms with Gasteiger partial charge in [0.05, 0.1) is 16.7 Å². The molecule has 0 N–H and O–H groups in total. The number of para-hydroxylation sites is 1. The lowest BCUT2D eigenvalue weighted by atomic mass is 10.1. The highest BCUT2D eigenvalue weighted by Gasteiger charge is 2.16. The van der Waals surface area contributed by atoms with Crippen molar-refractivity contribution >= 4 is 45.8 Å². The molecule has 25 heavy (non-hydrogen) atoms. The summed E-state index contributed by atoms with van der Waals surface area (Å²) >= 11 is 6.31. The number of aromatic nitrogens is 2. The Morgan fingerprint density at radius 3 is 2.64 bits per heavy atom. The predicted molar refractivity (Wildman–Crippen MR) is 93.9 cm³/mol. The zero-order chi connectivity index (χ0) is 17.6. The first kappa shape index (κ1) is 15.4. The average Bonchev–Trinajstić information content (AvgIpc) is 2.99. The molecule has 2 aromatic carbocycles. The van der Waals surface area contributed by atoms with Crippen LogP contribution in [0.5, 0.6) is 0 Å². The summed E-state index contributed by atoms with van der Waals surface area (Å²) in [5, 5.41) is 13.4. The summed E-state index contributed by atoms with van der Waals surface area (Å²) in [5.41, 5.74) is 2.42. The maximum absolute atomic E-state index is 11.7. The molecule has 0 spiro atoms. The Bertz CT molecular complexity index is 1160. The molecule has 0 fully saturated rings. The van der Waals surface area contributed by atoms with Crippen LogP contribution in [0.1, 0.15) is 10.4 Å². The smallest absolute Gasteiger partial charge is 0.150 e. The van der Waals surface area contributed by atoms with E-state index in [2.05, 4.69) is 4.98 Å². The molecule has 0 saturated carbocycles. The quantitative estimate of drug-likeness (QED) is 0.410. The topological polar surface area (TPSA) is 75.0 Å². The maximum Gasteiger partial charge on any atom is 0.150 e. The van der Waals surface area contributed by atoms with Crippen LogP contribution in [0.2, 0.25) is 5.15 Å². The molecule has 5 nitrogen and oxygen atoms in total. The number of hydrogen-bond donors (Lipinski definition) is 0. The third-order valence-electron chi connectivity index (χ3n) is 4.10. The number of fused-ring (bicyclic) bond motifs is 2. The third kappa shape index (κ3) is 2.45. The molecule has 0 unspecified atom stereocenters. The second kappa shape index (κ2) is 5.72. The number of rotatable bonds is 2. The van der Waals surface area contributed by atoms with E-state index in [1.807, 2.05) is 24.3 Å². The van der Waals surface area contributed by atoms with Crippen LogP contribution in [-0.2, 0) is 0 Å². The van der Waals surface area contributed by atoms with Crippen LogP contribution in [0.4, 0.5) is 4.79 Å². The van der Waals surface area contributed by atoms with E-state index in [4.69, 9.17) is 11.6 Å². The van der Waals surface area contributed by atoms with Crippen molar-refractivity contribution in [1.82, 2.24) is 9.55 Å². The summed E-state index contributed by atoms with van der Waals surface area (Å²) in [4.78, 5) is 27.0. The Morgan fingerprint density at radius 1 is 1.08 bits per heavy atom. The zero-order valence-electron chi connectivity index (χ0n) is 12.8. The van der Waals surface area contributed by atoms with Gasteiger partial charge in [0.25, 0.3) is 0 Å². The molecule has 0 aliphatic rings. The van der Waals surface area contributed by atoms with Crippen LogP contribution in [0.15, 0.2) is 54.6 Å².